The number of ether oxygens (including phenoxy) is 1. The van der Waals surface area contributed by atoms with Crippen LogP contribution in [-0.2, 0) is 17.6 Å². The number of nitrogens with one attached hydrogen (secondary N) is 1. The molecule has 1 saturated heterocycles. The average molecular weight is 274 g/mol. The molecule has 1 aliphatic heterocycles. The molecular formula is C16H22N2O2. The fourth-order valence-electron chi connectivity index (χ4n) is 3.01. The first kappa shape index (κ1) is 13.6. The highest BCUT2D eigenvalue weighted by molar-refractivity contribution is 5.94. The van der Waals surface area contributed by atoms with Gasteiger partial charge in [0.1, 0.15) is 0 Å². The number of carbonyl (C=O) groups is 1. The van der Waals surface area contributed by atoms with Crippen molar-refractivity contribution >= 4 is 5.91 Å². The minimum Gasteiger partial charge on any atom is -0.374 e. The molecule has 1 amide bonds. The number of hydrogen-bond donors (Lipinski definition) is 1. The zero-order valence-electron chi connectivity index (χ0n) is 12.0. The summed E-state index contributed by atoms with van der Waals surface area (Å²) < 4.78 is 5.65. The molecule has 3 rings (SSSR count). The lowest BCUT2D eigenvalue weighted by atomic mass is 10.1. The average Bonchev–Trinajstić information content (AvgIpc) is 2.92. The first-order valence-corrected chi connectivity index (χ1v) is 7.42. The first-order valence-electron chi connectivity index (χ1n) is 7.42. The van der Waals surface area contributed by atoms with E-state index in [1.165, 1.54) is 17.5 Å². The smallest absolute Gasteiger partial charge is 0.251 e. The monoisotopic (exact) mass is 274 g/mol. The van der Waals surface area contributed by atoms with E-state index in [-0.39, 0.29) is 12.0 Å². The Labute approximate surface area is 120 Å². The predicted molar refractivity (Wildman–Crippen MR) is 78.0 cm³/mol. The highest BCUT2D eigenvalue weighted by Crippen LogP contribution is 2.22. The van der Waals surface area contributed by atoms with E-state index in [0.29, 0.717) is 6.54 Å². The van der Waals surface area contributed by atoms with Gasteiger partial charge in [-0.2, -0.15) is 0 Å². The second-order valence-electron chi connectivity index (χ2n) is 5.80. The number of amides is 1. The molecular weight excluding hydrogens is 252 g/mol. The molecule has 0 spiro atoms. The number of rotatable bonds is 3. The van der Waals surface area contributed by atoms with Gasteiger partial charge in [0, 0.05) is 25.2 Å². The molecule has 20 heavy (non-hydrogen) atoms. The number of hydrogen-bond acceptors (Lipinski definition) is 3. The maximum absolute atomic E-state index is 12.2. The molecule has 0 bridgehead atoms. The molecule has 1 unspecified atom stereocenters. The summed E-state index contributed by atoms with van der Waals surface area (Å²) in [6.07, 6.45) is 3.57. The topological polar surface area (TPSA) is 41.6 Å². The van der Waals surface area contributed by atoms with Gasteiger partial charge in [0.05, 0.1) is 12.7 Å². The number of morpholine rings is 1. The van der Waals surface area contributed by atoms with Crippen molar-refractivity contribution in [2.45, 2.75) is 25.4 Å². The molecule has 1 aliphatic carbocycles. The van der Waals surface area contributed by atoms with Crippen LogP contribution in [0.5, 0.6) is 0 Å². The number of likely N-dealkylation sites (N-methyl/N-ethyl adjacent to an activating group) is 1. The van der Waals surface area contributed by atoms with Crippen molar-refractivity contribution in [1.29, 1.82) is 0 Å². The fourth-order valence-corrected chi connectivity index (χ4v) is 3.01. The van der Waals surface area contributed by atoms with E-state index in [2.05, 4.69) is 23.3 Å². The number of aryl methyl sites for hydroxylation is 2. The van der Waals surface area contributed by atoms with Crippen LogP contribution in [0.4, 0.5) is 0 Å². The summed E-state index contributed by atoms with van der Waals surface area (Å²) >= 11 is 0. The van der Waals surface area contributed by atoms with Gasteiger partial charge in [0.25, 0.3) is 5.91 Å². The standard InChI is InChI=1S/C16H22N2O2/c1-18-7-8-20-15(11-18)10-17-16(19)14-6-5-12-3-2-4-13(12)9-14/h5-6,9,15H,2-4,7-8,10-11H2,1H3,(H,17,19). The van der Waals surface area contributed by atoms with Crippen molar-refractivity contribution in [3.05, 3.63) is 34.9 Å². The normalized spacial score (nSPS) is 22.6. The molecule has 1 N–H and O–H groups in total. The van der Waals surface area contributed by atoms with Gasteiger partial charge in [-0.15, -0.1) is 0 Å². The third-order valence-electron chi connectivity index (χ3n) is 4.19. The Kier molecular flexibility index (Phi) is 4.03. The summed E-state index contributed by atoms with van der Waals surface area (Å²) in [5.74, 6) is 0.0107. The maximum atomic E-state index is 12.2. The van der Waals surface area contributed by atoms with E-state index in [0.717, 1.165) is 38.1 Å². The lowest BCUT2D eigenvalue weighted by Crippen LogP contribution is -2.45. The van der Waals surface area contributed by atoms with Gasteiger partial charge < -0.3 is 15.0 Å². The Hall–Kier alpha value is -1.39. The van der Waals surface area contributed by atoms with Crippen LogP contribution >= 0.6 is 0 Å². The summed E-state index contributed by atoms with van der Waals surface area (Å²) in [5, 5.41) is 2.99. The van der Waals surface area contributed by atoms with Gasteiger partial charge in [-0.1, -0.05) is 6.07 Å². The van der Waals surface area contributed by atoms with Crippen LogP contribution in [0, 0.1) is 0 Å². The molecule has 1 fully saturated rings. The molecule has 0 radical (unpaired) electrons. The molecule has 0 saturated carbocycles. The summed E-state index contributed by atoms with van der Waals surface area (Å²) in [6, 6.07) is 6.08. The minimum absolute atomic E-state index is 0.0107. The van der Waals surface area contributed by atoms with Crippen LogP contribution in [0.15, 0.2) is 18.2 Å². The minimum atomic E-state index is 0.0107. The van der Waals surface area contributed by atoms with Crippen molar-refractivity contribution in [2.24, 2.45) is 0 Å². The molecule has 0 aromatic heterocycles. The Morgan fingerprint density at radius 2 is 2.25 bits per heavy atom. The van der Waals surface area contributed by atoms with E-state index in [1.807, 2.05) is 12.1 Å². The molecule has 2 aliphatic rings. The number of benzene rings is 1. The predicted octanol–water partition coefficient (Wildman–Crippen LogP) is 1.24. The Bertz CT molecular complexity index is 501. The van der Waals surface area contributed by atoms with Crippen LogP contribution in [-0.4, -0.2) is 50.2 Å². The summed E-state index contributed by atoms with van der Waals surface area (Å²) in [4.78, 5) is 14.4. The van der Waals surface area contributed by atoms with E-state index < -0.39 is 0 Å². The van der Waals surface area contributed by atoms with Gasteiger partial charge in [-0.3, -0.25) is 4.79 Å². The second-order valence-corrected chi connectivity index (χ2v) is 5.80. The van der Waals surface area contributed by atoms with Gasteiger partial charge in [-0.25, -0.2) is 0 Å². The quantitative estimate of drug-likeness (QED) is 0.901. The second kappa shape index (κ2) is 5.94. The zero-order chi connectivity index (χ0) is 13.9. The molecule has 1 aromatic carbocycles. The molecule has 108 valence electrons. The third kappa shape index (κ3) is 3.02. The van der Waals surface area contributed by atoms with Crippen LogP contribution in [0.1, 0.15) is 27.9 Å². The van der Waals surface area contributed by atoms with Crippen molar-refractivity contribution < 1.29 is 9.53 Å². The van der Waals surface area contributed by atoms with Gasteiger partial charge in [0.15, 0.2) is 0 Å². The number of fused-ring (bicyclic) bond motifs is 1. The Morgan fingerprint density at radius 3 is 3.10 bits per heavy atom. The van der Waals surface area contributed by atoms with E-state index in [1.54, 1.807) is 0 Å². The summed E-state index contributed by atoms with van der Waals surface area (Å²) in [6.45, 7) is 3.18. The highest BCUT2D eigenvalue weighted by Gasteiger charge is 2.19. The molecule has 4 nitrogen and oxygen atoms in total. The van der Waals surface area contributed by atoms with Crippen LogP contribution in [0.25, 0.3) is 0 Å². The van der Waals surface area contributed by atoms with E-state index in [4.69, 9.17) is 4.74 Å². The third-order valence-corrected chi connectivity index (χ3v) is 4.19. The largest absolute Gasteiger partial charge is 0.374 e. The van der Waals surface area contributed by atoms with Gasteiger partial charge in [0.2, 0.25) is 0 Å². The highest BCUT2D eigenvalue weighted by atomic mass is 16.5. The first-order chi connectivity index (χ1) is 9.72. The molecule has 1 atom stereocenters. The van der Waals surface area contributed by atoms with Gasteiger partial charge in [-0.05, 0) is 49.6 Å². The van der Waals surface area contributed by atoms with E-state index in [9.17, 15) is 4.79 Å². The molecule has 4 heteroatoms. The van der Waals surface area contributed by atoms with Crippen LogP contribution < -0.4 is 5.32 Å². The summed E-state index contributed by atoms with van der Waals surface area (Å²) in [7, 11) is 2.08. The van der Waals surface area contributed by atoms with Gasteiger partial charge >= 0.3 is 0 Å². The summed E-state index contributed by atoms with van der Waals surface area (Å²) in [5.41, 5.74) is 3.51. The maximum Gasteiger partial charge on any atom is 0.251 e. The van der Waals surface area contributed by atoms with Crippen molar-refractivity contribution in [1.82, 2.24) is 10.2 Å². The van der Waals surface area contributed by atoms with Crippen molar-refractivity contribution in [3.63, 3.8) is 0 Å². The van der Waals surface area contributed by atoms with Crippen molar-refractivity contribution in [2.75, 3.05) is 33.3 Å². The van der Waals surface area contributed by atoms with Crippen molar-refractivity contribution in [3.8, 4) is 0 Å². The SMILES string of the molecule is CN1CCOC(CNC(=O)c2ccc3c(c2)CCC3)C1. The fraction of sp³-hybridized carbons (Fsp3) is 0.562. The molecule has 1 aromatic rings. The Morgan fingerprint density at radius 1 is 1.40 bits per heavy atom. The van der Waals surface area contributed by atoms with E-state index >= 15 is 0 Å². The number of carbonyl (C=O) groups excluding carboxylic acids is 1. The van der Waals surface area contributed by atoms with Crippen LogP contribution in [0.3, 0.4) is 0 Å². The number of nitrogens with zero attached hydrogens (tertiary/aromatic N) is 1. The Balaban J connectivity index is 1.56. The molecule has 1 heterocycles. The lowest BCUT2D eigenvalue weighted by Gasteiger charge is -2.30. The zero-order valence-corrected chi connectivity index (χ0v) is 12.0. The lowest BCUT2D eigenvalue weighted by molar-refractivity contribution is -0.0175. The van der Waals surface area contributed by atoms with Crippen LogP contribution in [0.2, 0.25) is 0 Å².